The molecule has 2 aliphatic carbocycles. The molecule has 2 bridgehead atoms. The molecule has 6 nitrogen and oxygen atoms in total. The van der Waals surface area contributed by atoms with Crippen LogP contribution in [0.25, 0.3) is 0 Å². The summed E-state index contributed by atoms with van der Waals surface area (Å²) in [6, 6.07) is 16.3. The molecule has 3 aliphatic rings. The van der Waals surface area contributed by atoms with Crippen molar-refractivity contribution in [3.05, 3.63) is 60.2 Å². The van der Waals surface area contributed by atoms with E-state index < -0.39 is 0 Å². The largest absolute Gasteiger partial charge is 0.462 e. The van der Waals surface area contributed by atoms with Crippen LogP contribution in [0.5, 0.6) is 0 Å². The number of rotatable bonds is 4. The summed E-state index contributed by atoms with van der Waals surface area (Å²) in [4.78, 5) is 39.5. The fraction of sp³-hybridized carbons (Fsp3) is 0.348. The molecular formula is C23H22N2O4. The van der Waals surface area contributed by atoms with Gasteiger partial charge in [0.15, 0.2) is 0 Å². The summed E-state index contributed by atoms with van der Waals surface area (Å²) in [5.41, 5.74) is 1.85. The molecule has 148 valence electrons. The second kappa shape index (κ2) is 6.72. The van der Waals surface area contributed by atoms with Crippen molar-refractivity contribution in [3.63, 3.8) is 0 Å². The van der Waals surface area contributed by atoms with Crippen molar-refractivity contribution in [2.75, 3.05) is 17.3 Å². The van der Waals surface area contributed by atoms with Gasteiger partial charge in [0.05, 0.1) is 11.8 Å². The molecule has 29 heavy (non-hydrogen) atoms. The van der Waals surface area contributed by atoms with Gasteiger partial charge in [-0.3, -0.25) is 14.4 Å². The van der Waals surface area contributed by atoms with E-state index in [1.54, 1.807) is 36.2 Å². The average Bonchev–Trinajstić information content (AvgIpc) is 3.36. The Morgan fingerprint density at radius 2 is 1.86 bits per heavy atom. The van der Waals surface area contributed by atoms with E-state index in [-0.39, 0.29) is 47.6 Å². The van der Waals surface area contributed by atoms with Crippen LogP contribution in [0.3, 0.4) is 0 Å². The third-order valence-electron chi connectivity index (χ3n) is 6.61. The van der Waals surface area contributed by atoms with Crippen molar-refractivity contribution in [3.8, 4) is 0 Å². The third-order valence-corrected chi connectivity index (χ3v) is 6.61. The highest BCUT2D eigenvalue weighted by molar-refractivity contribution is 6.07. The molecule has 5 rings (SSSR count). The number of carbonyl (C=O) groups excluding carboxylic acids is 3. The minimum Gasteiger partial charge on any atom is -0.462 e. The molecule has 0 spiro atoms. The van der Waals surface area contributed by atoms with Crippen molar-refractivity contribution in [2.45, 2.75) is 18.9 Å². The number of carbonyl (C=O) groups is 3. The van der Waals surface area contributed by atoms with Crippen molar-refractivity contribution in [2.24, 2.45) is 23.7 Å². The number of para-hydroxylation sites is 1. The molecule has 1 heterocycles. The summed E-state index contributed by atoms with van der Waals surface area (Å²) in [5.74, 6) is -0.791. The zero-order valence-electron chi connectivity index (χ0n) is 16.1. The van der Waals surface area contributed by atoms with E-state index in [2.05, 4.69) is 5.32 Å². The lowest BCUT2D eigenvalue weighted by atomic mass is 9.79. The van der Waals surface area contributed by atoms with E-state index >= 15 is 0 Å². The smallest absolute Gasteiger partial charge is 0.310 e. The summed E-state index contributed by atoms with van der Waals surface area (Å²) >= 11 is 0. The fourth-order valence-corrected chi connectivity index (χ4v) is 5.28. The van der Waals surface area contributed by atoms with E-state index in [0.717, 1.165) is 18.5 Å². The van der Waals surface area contributed by atoms with Crippen molar-refractivity contribution < 1.29 is 19.1 Å². The van der Waals surface area contributed by atoms with Gasteiger partial charge in [0.25, 0.3) is 5.91 Å². The molecule has 2 amide bonds. The normalized spacial score (nSPS) is 28.9. The fourth-order valence-electron chi connectivity index (χ4n) is 5.28. The highest BCUT2D eigenvalue weighted by atomic mass is 16.6. The molecule has 5 atom stereocenters. The highest BCUT2D eigenvalue weighted by Crippen LogP contribution is 2.57. The molecule has 1 saturated heterocycles. The van der Waals surface area contributed by atoms with Gasteiger partial charge >= 0.3 is 5.97 Å². The molecule has 6 heteroatoms. The molecule has 2 aromatic rings. The number of amides is 2. The molecule has 0 radical (unpaired) electrons. The number of nitrogens with zero attached hydrogens (tertiary/aromatic N) is 1. The van der Waals surface area contributed by atoms with Gasteiger partial charge in [0.2, 0.25) is 5.91 Å². The first-order valence-corrected chi connectivity index (χ1v) is 9.97. The molecule has 3 fully saturated rings. The number of fused-ring (bicyclic) bond motifs is 1. The van der Waals surface area contributed by atoms with Crippen LogP contribution in [0.15, 0.2) is 54.6 Å². The van der Waals surface area contributed by atoms with Crippen LogP contribution in [0.4, 0.5) is 11.4 Å². The molecule has 1 N–H and O–H groups in total. The number of esters is 1. The quantitative estimate of drug-likeness (QED) is 0.814. The molecular weight excluding hydrogens is 368 g/mol. The predicted octanol–water partition coefficient (Wildman–Crippen LogP) is 3.10. The summed E-state index contributed by atoms with van der Waals surface area (Å²) in [6.07, 6.45) is 1.68. The van der Waals surface area contributed by atoms with Crippen LogP contribution >= 0.6 is 0 Å². The summed E-state index contributed by atoms with van der Waals surface area (Å²) < 4.78 is 5.42. The third kappa shape index (κ3) is 2.90. The van der Waals surface area contributed by atoms with Gasteiger partial charge in [-0.15, -0.1) is 0 Å². The maximum atomic E-state index is 13.0. The lowest BCUT2D eigenvalue weighted by Crippen LogP contribution is -2.35. The number of hydrogen-bond donors (Lipinski definition) is 1. The Bertz CT molecular complexity index is 987. The maximum Gasteiger partial charge on any atom is 0.310 e. The van der Waals surface area contributed by atoms with Gasteiger partial charge in [0.1, 0.15) is 6.10 Å². The zero-order chi connectivity index (χ0) is 20.1. The molecule has 2 aromatic carbocycles. The Hall–Kier alpha value is -3.15. The SMILES string of the molecule is CN(C(=O)c1cccc(NC(=O)C2C3CC4OC(=O)C2C4C3)c1)c1ccccc1. The Balaban J connectivity index is 1.32. The number of anilines is 2. The van der Waals surface area contributed by atoms with Gasteiger partial charge in [-0.2, -0.15) is 0 Å². The van der Waals surface area contributed by atoms with Crippen LogP contribution in [-0.2, 0) is 14.3 Å². The second-order valence-electron chi connectivity index (χ2n) is 8.19. The Kier molecular flexibility index (Phi) is 4.15. The van der Waals surface area contributed by atoms with Gasteiger partial charge in [-0.05, 0) is 49.1 Å². The first-order chi connectivity index (χ1) is 14.0. The molecule has 0 aromatic heterocycles. The van der Waals surface area contributed by atoms with Crippen molar-refractivity contribution >= 4 is 29.2 Å². The van der Waals surface area contributed by atoms with E-state index in [9.17, 15) is 14.4 Å². The predicted molar refractivity (Wildman–Crippen MR) is 107 cm³/mol. The lowest BCUT2D eigenvalue weighted by molar-refractivity contribution is -0.145. The first kappa shape index (κ1) is 17.9. The average molecular weight is 390 g/mol. The van der Waals surface area contributed by atoms with Gasteiger partial charge in [-0.1, -0.05) is 24.3 Å². The first-order valence-electron chi connectivity index (χ1n) is 9.97. The molecule has 1 aliphatic heterocycles. The summed E-state index contributed by atoms with van der Waals surface area (Å²) in [6.45, 7) is 0. The minimum absolute atomic E-state index is 0.0102. The number of nitrogens with one attached hydrogen (secondary N) is 1. The Morgan fingerprint density at radius 1 is 1.07 bits per heavy atom. The summed E-state index contributed by atoms with van der Waals surface area (Å²) in [5, 5.41) is 2.93. The second-order valence-corrected chi connectivity index (χ2v) is 8.19. The van der Waals surface area contributed by atoms with Gasteiger partial charge < -0.3 is 15.0 Å². The zero-order valence-corrected chi connectivity index (χ0v) is 16.1. The standard InChI is InChI=1S/C23H22N2O4/c1-25(16-8-3-2-4-9-16)22(27)13-6-5-7-15(10-13)24-21(26)19-14-11-17-18(12-14)29-23(28)20(17)19/h2-10,14,17-20H,11-12H2,1H3,(H,24,26). The van der Waals surface area contributed by atoms with Crippen molar-refractivity contribution in [1.29, 1.82) is 0 Å². The van der Waals surface area contributed by atoms with Gasteiger partial charge in [0, 0.05) is 29.9 Å². The number of hydrogen-bond acceptors (Lipinski definition) is 4. The van der Waals surface area contributed by atoms with Gasteiger partial charge in [-0.25, -0.2) is 0 Å². The minimum atomic E-state index is -0.336. The number of ether oxygens (including phenoxy) is 1. The van der Waals surface area contributed by atoms with E-state index in [1.165, 1.54) is 0 Å². The van der Waals surface area contributed by atoms with E-state index in [4.69, 9.17) is 4.74 Å². The number of benzene rings is 2. The monoisotopic (exact) mass is 390 g/mol. The Morgan fingerprint density at radius 3 is 2.66 bits per heavy atom. The lowest BCUT2D eigenvalue weighted by Gasteiger charge is -2.23. The Labute approximate surface area is 168 Å². The van der Waals surface area contributed by atoms with Crippen molar-refractivity contribution in [1.82, 2.24) is 0 Å². The van der Waals surface area contributed by atoms with Crippen LogP contribution in [0, 0.1) is 23.7 Å². The van der Waals surface area contributed by atoms with Crippen LogP contribution in [0.2, 0.25) is 0 Å². The van der Waals surface area contributed by atoms with E-state index in [1.807, 2.05) is 30.3 Å². The topological polar surface area (TPSA) is 75.7 Å². The van der Waals surface area contributed by atoms with Crippen LogP contribution in [0.1, 0.15) is 23.2 Å². The maximum absolute atomic E-state index is 13.0. The van der Waals surface area contributed by atoms with E-state index in [0.29, 0.717) is 11.3 Å². The van der Waals surface area contributed by atoms with Crippen LogP contribution in [-0.4, -0.2) is 30.9 Å². The van der Waals surface area contributed by atoms with Crippen LogP contribution < -0.4 is 10.2 Å². The molecule has 2 saturated carbocycles. The highest BCUT2D eigenvalue weighted by Gasteiger charge is 2.63. The summed E-state index contributed by atoms with van der Waals surface area (Å²) in [7, 11) is 1.72. The molecule has 5 unspecified atom stereocenters.